The maximum absolute atomic E-state index is 11.5. The Morgan fingerprint density at radius 1 is 1.33 bits per heavy atom. The van der Waals surface area contributed by atoms with Gasteiger partial charge in [-0.25, -0.2) is 0 Å². The number of hydrogen-bond acceptors (Lipinski definition) is 2. The van der Waals surface area contributed by atoms with Crippen molar-refractivity contribution in [3.63, 3.8) is 0 Å². The van der Waals surface area contributed by atoms with E-state index in [1.165, 1.54) is 19.3 Å². The monoisotopic (exact) mass is 209 g/mol. The highest BCUT2D eigenvalue weighted by atomic mass is 16.1. The fourth-order valence-corrected chi connectivity index (χ4v) is 3.04. The summed E-state index contributed by atoms with van der Waals surface area (Å²) in [6.45, 7) is 5.68. The maximum atomic E-state index is 11.5. The molecule has 2 unspecified atom stereocenters. The van der Waals surface area contributed by atoms with E-state index in [-0.39, 0.29) is 0 Å². The molecule has 0 N–H and O–H groups in total. The van der Waals surface area contributed by atoms with Gasteiger partial charge in [-0.15, -0.1) is 0 Å². The summed E-state index contributed by atoms with van der Waals surface area (Å²) in [5, 5.41) is 0. The number of carbonyl (C=O) groups is 1. The quantitative estimate of drug-likeness (QED) is 0.712. The molecule has 0 bridgehead atoms. The van der Waals surface area contributed by atoms with Gasteiger partial charge < -0.3 is 0 Å². The molecule has 0 aliphatic heterocycles. The largest absolute Gasteiger partial charge is 0.300 e. The molecule has 2 aliphatic carbocycles. The Morgan fingerprint density at radius 3 is 2.60 bits per heavy atom. The summed E-state index contributed by atoms with van der Waals surface area (Å²) in [4.78, 5) is 14.1. The van der Waals surface area contributed by atoms with E-state index in [1.54, 1.807) is 0 Å². The molecule has 0 radical (unpaired) electrons. The van der Waals surface area contributed by atoms with E-state index in [1.807, 2.05) is 0 Å². The fourth-order valence-electron chi connectivity index (χ4n) is 3.04. The molecule has 86 valence electrons. The van der Waals surface area contributed by atoms with Gasteiger partial charge in [-0.05, 0) is 31.7 Å². The van der Waals surface area contributed by atoms with Gasteiger partial charge in [0.1, 0.15) is 5.78 Å². The molecular weight excluding hydrogens is 186 g/mol. The van der Waals surface area contributed by atoms with Crippen LogP contribution in [0.25, 0.3) is 0 Å². The lowest BCUT2D eigenvalue weighted by atomic mass is 9.81. The van der Waals surface area contributed by atoms with Crippen molar-refractivity contribution in [2.45, 2.75) is 64.5 Å². The van der Waals surface area contributed by atoms with Crippen molar-refractivity contribution in [1.82, 2.24) is 4.90 Å². The number of carbonyl (C=O) groups excluding carboxylic acids is 1. The van der Waals surface area contributed by atoms with Crippen molar-refractivity contribution in [2.75, 3.05) is 6.54 Å². The van der Waals surface area contributed by atoms with Gasteiger partial charge in [0, 0.05) is 24.9 Å². The summed E-state index contributed by atoms with van der Waals surface area (Å²) in [6, 6.07) is 1.33. The van der Waals surface area contributed by atoms with Crippen LogP contribution in [0.4, 0.5) is 0 Å². The topological polar surface area (TPSA) is 20.3 Å². The van der Waals surface area contributed by atoms with Gasteiger partial charge in [-0.1, -0.05) is 20.3 Å². The summed E-state index contributed by atoms with van der Waals surface area (Å²) < 4.78 is 0. The summed E-state index contributed by atoms with van der Waals surface area (Å²) in [6.07, 6.45) is 6.82. The molecule has 2 atom stereocenters. The zero-order chi connectivity index (χ0) is 10.8. The molecule has 0 aromatic heterocycles. The van der Waals surface area contributed by atoms with Gasteiger partial charge in [-0.3, -0.25) is 9.69 Å². The maximum Gasteiger partial charge on any atom is 0.134 e. The number of rotatable bonds is 3. The minimum atomic E-state index is 0.482. The van der Waals surface area contributed by atoms with E-state index in [0.717, 1.165) is 31.8 Å². The Kier molecular flexibility index (Phi) is 3.45. The number of Topliss-reactive ketones (excluding diaryl/α,β-unsaturated/α-hetero) is 1. The van der Waals surface area contributed by atoms with E-state index < -0.39 is 0 Å². The van der Waals surface area contributed by atoms with Crippen LogP contribution in [0.2, 0.25) is 0 Å². The smallest absolute Gasteiger partial charge is 0.134 e. The standard InChI is InChI=1S/C13H23NO/c1-3-14(11-5-4-6-11)13-9-12(15)8-7-10(13)2/h10-11,13H,3-9H2,1-2H3. The SMILES string of the molecule is CCN(C1CCC1)C1CC(=O)CCC1C. The third-order valence-electron chi connectivity index (χ3n) is 4.31. The van der Waals surface area contributed by atoms with Crippen LogP contribution in [0.3, 0.4) is 0 Å². The van der Waals surface area contributed by atoms with Crippen LogP contribution < -0.4 is 0 Å². The molecule has 0 heterocycles. The van der Waals surface area contributed by atoms with Gasteiger partial charge in [0.15, 0.2) is 0 Å². The summed E-state index contributed by atoms with van der Waals surface area (Å²) in [5.41, 5.74) is 0. The van der Waals surface area contributed by atoms with E-state index in [2.05, 4.69) is 18.7 Å². The molecule has 2 aliphatic rings. The van der Waals surface area contributed by atoms with Gasteiger partial charge >= 0.3 is 0 Å². The van der Waals surface area contributed by atoms with E-state index in [9.17, 15) is 4.79 Å². The predicted molar refractivity (Wildman–Crippen MR) is 61.8 cm³/mol. The van der Waals surface area contributed by atoms with Gasteiger partial charge in [-0.2, -0.15) is 0 Å². The first-order chi connectivity index (χ1) is 7.22. The molecule has 2 heteroatoms. The third-order valence-corrected chi connectivity index (χ3v) is 4.31. The second-order valence-electron chi connectivity index (χ2n) is 5.24. The van der Waals surface area contributed by atoms with Gasteiger partial charge in [0.25, 0.3) is 0 Å². The van der Waals surface area contributed by atoms with E-state index >= 15 is 0 Å². The van der Waals surface area contributed by atoms with Crippen LogP contribution in [0.1, 0.15) is 52.4 Å². The number of nitrogens with zero attached hydrogens (tertiary/aromatic N) is 1. The molecule has 0 amide bonds. The van der Waals surface area contributed by atoms with Crippen molar-refractivity contribution in [2.24, 2.45) is 5.92 Å². The molecule has 0 spiro atoms. The lowest BCUT2D eigenvalue weighted by molar-refractivity contribution is -0.124. The molecule has 2 rings (SSSR count). The summed E-state index contributed by atoms with van der Waals surface area (Å²) in [7, 11) is 0. The molecule has 0 aromatic rings. The van der Waals surface area contributed by atoms with Crippen LogP contribution in [-0.4, -0.2) is 29.3 Å². The van der Waals surface area contributed by atoms with Crippen molar-refractivity contribution < 1.29 is 4.79 Å². The first-order valence-electron chi connectivity index (χ1n) is 6.49. The van der Waals surface area contributed by atoms with Crippen molar-refractivity contribution >= 4 is 5.78 Å². The van der Waals surface area contributed by atoms with Crippen LogP contribution in [0, 0.1) is 5.92 Å². The van der Waals surface area contributed by atoms with Gasteiger partial charge in [0.2, 0.25) is 0 Å². The minimum absolute atomic E-state index is 0.482. The molecule has 0 saturated heterocycles. The second kappa shape index (κ2) is 4.65. The zero-order valence-corrected chi connectivity index (χ0v) is 10.0. The lowest BCUT2D eigenvalue weighted by Gasteiger charge is -2.45. The number of hydrogen-bond donors (Lipinski definition) is 0. The Morgan fingerprint density at radius 2 is 2.07 bits per heavy atom. The number of ketones is 1. The highest BCUT2D eigenvalue weighted by Crippen LogP contribution is 2.33. The van der Waals surface area contributed by atoms with Crippen LogP contribution in [0.15, 0.2) is 0 Å². The normalized spacial score (nSPS) is 33.1. The highest BCUT2D eigenvalue weighted by Gasteiger charge is 2.35. The minimum Gasteiger partial charge on any atom is -0.300 e. The predicted octanol–water partition coefficient (Wildman–Crippen LogP) is 2.62. The zero-order valence-electron chi connectivity index (χ0n) is 10.0. The Labute approximate surface area is 93.0 Å². The fraction of sp³-hybridized carbons (Fsp3) is 0.923. The molecule has 15 heavy (non-hydrogen) atoms. The highest BCUT2D eigenvalue weighted by molar-refractivity contribution is 5.79. The molecule has 2 fully saturated rings. The Hall–Kier alpha value is -0.370. The Balaban J connectivity index is 2.00. The molecule has 2 nitrogen and oxygen atoms in total. The van der Waals surface area contributed by atoms with Crippen molar-refractivity contribution in [3.05, 3.63) is 0 Å². The first kappa shape index (κ1) is 11.1. The summed E-state index contributed by atoms with van der Waals surface area (Å²) in [5.74, 6) is 1.19. The van der Waals surface area contributed by atoms with E-state index in [0.29, 0.717) is 17.7 Å². The van der Waals surface area contributed by atoms with Crippen LogP contribution >= 0.6 is 0 Å². The van der Waals surface area contributed by atoms with Crippen LogP contribution in [0.5, 0.6) is 0 Å². The molecular formula is C13H23NO. The first-order valence-corrected chi connectivity index (χ1v) is 6.49. The van der Waals surface area contributed by atoms with Crippen molar-refractivity contribution in [3.8, 4) is 0 Å². The molecule has 2 saturated carbocycles. The van der Waals surface area contributed by atoms with Gasteiger partial charge in [0.05, 0.1) is 0 Å². The lowest BCUT2D eigenvalue weighted by Crippen LogP contribution is -2.51. The second-order valence-corrected chi connectivity index (χ2v) is 5.24. The average Bonchev–Trinajstić information content (AvgIpc) is 2.15. The summed E-state index contributed by atoms with van der Waals surface area (Å²) >= 11 is 0. The van der Waals surface area contributed by atoms with Crippen LogP contribution in [-0.2, 0) is 4.79 Å². The Bertz CT molecular complexity index is 235. The molecule has 0 aromatic carbocycles. The van der Waals surface area contributed by atoms with Crippen molar-refractivity contribution in [1.29, 1.82) is 0 Å². The third kappa shape index (κ3) is 2.25. The average molecular weight is 209 g/mol. The van der Waals surface area contributed by atoms with E-state index in [4.69, 9.17) is 0 Å².